The van der Waals surface area contributed by atoms with Gasteiger partial charge in [-0.25, -0.2) is 0 Å². The van der Waals surface area contributed by atoms with Crippen LogP contribution in [0.1, 0.15) is 5.56 Å². The lowest BCUT2D eigenvalue weighted by Gasteiger charge is -2.08. The van der Waals surface area contributed by atoms with Crippen LogP contribution in [-0.2, 0) is 20.6 Å². The fourth-order valence-electron chi connectivity index (χ4n) is 2.02. The summed E-state index contributed by atoms with van der Waals surface area (Å²) in [5.74, 6) is -1.57. The highest BCUT2D eigenvalue weighted by atomic mass is 19.4. The lowest BCUT2D eigenvalue weighted by molar-refractivity contribution is -0.384. The molecule has 0 bridgehead atoms. The Morgan fingerprint density at radius 2 is 1.76 bits per heavy atom. The third kappa shape index (κ3) is 6.93. The molecule has 0 saturated carbocycles. The normalized spacial score (nSPS) is 11.1. The smallest absolute Gasteiger partial charge is 0.385 e. The topological polar surface area (TPSA) is 123 Å². The van der Waals surface area contributed by atoms with Crippen LogP contribution in [0.2, 0.25) is 0 Å². The summed E-state index contributed by atoms with van der Waals surface area (Å²) in [4.78, 5) is 38.0. The second kappa shape index (κ2) is 9.30. The third-order valence-electron chi connectivity index (χ3n) is 3.24. The Morgan fingerprint density at radius 1 is 1.10 bits per heavy atom. The predicted octanol–water partition coefficient (Wildman–Crippen LogP) is 3.19. The second-order valence-corrected chi connectivity index (χ2v) is 5.43. The molecule has 2 amide bonds. The highest BCUT2D eigenvalue weighted by molar-refractivity contribution is 6.31. The molecule has 0 saturated heterocycles. The molecule has 0 unspecified atom stereocenters. The van der Waals surface area contributed by atoms with Crippen LogP contribution < -0.4 is 10.6 Å². The van der Waals surface area contributed by atoms with Gasteiger partial charge >= 0.3 is 6.18 Å². The van der Waals surface area contributed by atoms with E-state index in [9.17, 15) is 32.9 Å². The molecule has 0 heterocycles. The van der Waals surface area contributed by atoms with Gasteiger partial charge in [-0.15, -0.1) is 0 Å². The van der Waals surface area contributed by atoms with E-state index in [-0.39, 0.29) is 17.1 Å². The average molecular weight is 410 g/mol. The third-order valence-corrected chi connectivity index (χ3v) is 3.24. The van der Waals surface area contributed by atoms with Gasteiger partial charge in [0.1, 0.15) is 6.21 Å². The van der Waals surface area contributed by atoms with Crippen LogP contribution in [-0.4, -0.2) is 29.6 Å². The molecule has 2 rings (SSSR count). The minimum atomic E-state index is -4.55. The van der Waals surface area contributed by atoms with Gasteiger partial charge in [0.25, 0.3) is 17.5 Å². The summed E-state index contributed by atoms with van der Waals surface area (Å²) < 4.78 is 37.9. The van der Waals surface area contributed by atoms with E-state index >= 15 is 0 Å². The summed E-state index contributed by atoms with van der Waals surface area (Å²) in [6.07, 6.45) is -3.91. The molecular formula is C17H13F3N4O5. The van der Waals surface area contributed by atoms with Gasteiger partial charge in [0.2, 0.25) is 0 Å². The molecule has 0 aliphatic rings. The van der Waals surface area contributed by atoms with Crippen LogP contribution in [0.3, 0.4) is 0 Å². The molecule has 2 aromatic carbocycles. The van der Waals surface area contributed by atoms with E-state index in [0.717, 1.165) is 24.3 Å². The van der Waals surface area contributed by atoms with E-state index in [1.165, 1.54) is 24.3 Å². The van der Waals surface area contributed by atoms with Gasteiger partial charge < -0.3 is 15.5 Å². The molecule has 152 valence electrons. The number of carbonyl (C=O) groups is 2. The molecule has 0 aromatic heterocycles. The van der Waals surface area contributed by atoms with Crippen molar-refractivity contribution in [3.05, 3.63) is 64.2 Å². The quantitative estimate of drug-likeness (QED) is 0.412. The highest BCUT2D eigenvalue weighted by Crippen LogP contribution is 2.30. The fourth-order valence-corrected chi connectivity index (χ4v) is 2.02. The summed E-state index contributed by atoms with van der Waals surface area (Å²) in [7, 11) is 0. The number of amides is 2. The Morgan fingerprint density at radius 3 is 2.41 bits per heavy atom. The average Bonchev–Trinajstić information content (AvgIpc) is 2.65. The summed E-state index contributed by atoms with van der Waals surface area (Å²) in [6.45, 7) is -0.601. The van der Waals surface area contributed by atoms with Crippen LogP contribution in [0.5, 0.6) is 0 Å². The zero-order valence-corrected chi connectivity index (χ0v) is 14.5. The molecule has 2 aromatic rings. The van der Waals surface area contributed by atoms with Crippen molar-refractivity contribution in [1.82, 2.24) is 0 Å². The fraction of sp³-hybridized carbons (Fsp3) is 0.118. The first-order chi connectivity index (χ1) is 13.6. The van der Waals surface area contributed by atoms with Crippen molar-refractivity contribution >= 4 is 35.1 Å². The number of hydrogen-bond acceptors (Lipinski definition) is 6. The van der Waals surface area contributed by atoms with Crippen LogP contribution in [0.4, 0.5) is 30.2 Å². The molecule has 9 nitrogen and oxygen atoms in total. The van der Waals surface area contributed by atoms with Crippen LogP contribution in [0, 0.1) is 10.1 Å². The molecule has 0 aliphatic carbocycles. The van der Waals surface area contributed by atoms with E-state index in [1.54, 1.807) is 0 Å². The number of nitro benzene ring substituents is 1. The number of nitro groups is 1. The lowest BCUT2D eigenvalue weighted by atomic mass is 10.2. The molecule has 2 N–H and O–H groups in total. The molecule has 0 spiro atoms. The molecule has 12 heteroatoms. The minimum Gasteiger partial charge on any atom is -0.385 e. The first-order valence-corrected chi connectivity index (χ1v) is 7.83. The van der Waals surface area contributed by atoms with E-state index in [1.807, 2.05) is 0 Å². The van der Waals surface area contributed by atoms with Gasteiger partial charge in [-0.05, 0) is 24.3 Å². The van der Waals surface area contributed by atoms with E-state index in [2.05, 4.69) is 20.6 Å². The van der Waals surface area contributed by atoms with Crippen molar-refractivity contribution in [2.75, 3.05) is 17.2 Å². The van der Waals surface area contributed by atoms with Crippen LogP contribution in [0.25, 0.3) is 0 Å². The molecule has 0 fully saturated rings. The van der Waals surface area contributed by atoms with Crippen molar-refractivity contribution in [2.24, 2.45) is 5.16 Å². The van der Waals surface area contributed by atoms with Crippen molar-refractivity contribution in [1.29, 1.82) is 0 Å². The Balaban J connectivity index is 1.81. The molecule has 29 heavy (non-hydrogen) atoms. The zero-order chi connectivity index (χ0) is 21.4. The maximum absolute atomic E-state index is 12.6. The van der Waals surface area contributed by atoms with E-state index in [4.69, 9.17) is 0 Å². The number of nitrogens with one attached hydrogen (secondary N) is 2. The van der Waals surface area contributed by atoms with Gasteiger partial charge in [-0.2, -0.15) is 13.2 Å². The number of benzene rings is 2. The highest BCUT2D eigenvalue weighted by Gasteiger charge is 2.30. The summed E-state index contributed by atoms with van der Waals surface area (Å²) in [5.41, 5.74) is -1.08. The van der Waals surface area contributed by atoms with Gasteiger partial charge in [0.05, 0.1) is 10.5 Å². The largest absolute Gasteiger partial charge is 0.416 e. The lowest BCUT2D eigenvalue weighted by Crippen LogP contribution is -2.18. The number of nitrogens with zero attached hydrogens (tertiary/aromatic N) is 2. The number of halogens is 3. The number of carbonyl (C=O) groups excluding carboxylic acids is 2. The maximum Gasteiger partial charge on any atom is 0.416 e. The number of alkyl halides is 3. The van der Waals surface area contributed by atoms with E-state index < -0.39 is 35.1 Å². The van der Waals surface area contributed by atoms with Gasteiger partial charge in [0.15, 0.2) is 6.61 Å². The van der Waals surface area contributed by atoms with Crippen molar-refractivity contribution in [3.63, 3.8) is 0 Å². The molecule has 0 aliphatic heterocycles. The summed E-state index contributed by atoms with van der Waals surface area (Å²) >= 11 is 0. The van der Waals surface area contributed by atoms with Crippen LogP contribution in [0.15, 0.2) is 53.7 Å². The maximum atomic E-state index is 12.6. The number of hydrogen-bond donors (Lipinski definition) is 2. The van der Waals surface area contributed by atoms with Crippen molar-refractivity contribution in [3.8, 4) is 0 Å². The number of non-ortho nitro benzene ring substituents is 1. The molecular weight excluding hydrogens is 397 g/mol. The summed E-state index contributed by atoms with van der Waals surface area (Å²) in [6, 6.07) is 9.19. The monoisotopic (exact) mass is 410 g/mol. The number of oxime groups is 1. The first-order valence-electron chi connectivity index (χ1n) is 7.83. The Kier molecular flexibility index (Phi) is 6.85. The minimum absolute atomic E-state index is 0.0975. The number of rotatable bonds is 7. The van der Waals surface area contributed by atoms with E-state index in [0.29, 0.717) is 6.21 Å². The van der Waals surface area contributed by atoms with Crippen molar-refractivity contribution in [2.45, 2.75) is 6.18 Å². The molecule has 0 radical (unpaired) electrons. The van der Waals surface area contributed by atoms with Gasteiger partial charge in [-0.1, -0.05) is 17.3 Å². The van der Waals surface area contributed by atoms with Crippen LogP contribution >= 0.6 is 0 Å². The van der Waals surface area contributed by atoms with Gasteiger partial charge in [-0.3, -0.25) is 19.7 Å². The number of anilines is 2. The summed E-state index contributed by atoms with van der Waals surface area (Å²) in [5, 5.41) is 18.4. The zero-order valence-electron chi connectivity index (χ0n) is 14.5. The predicted molar refractivity (Wildman–Crippen MR) is 96.2 cm³/mol. The van der Waals surface area contributed by atoms with Gasteiger partial charge in [0, 0.05) is 23.5 Å². The Labute approximate surface area is 161 Å². The van der Waals surface area contributed by atoms with Crippen molar-refractivity contribution < 1.29 is 32.5 Å². The SMILES string of the molecule is O=C(/C=N/OCC(=O)Nc1cccc([N+](=O)[O-])c1)Nc1cccc(C(F)(F)F)c1. The standard InChI is InChI=1S/C17H13F3N4O5/c18-17(19,20)11-3-1-4-12(7-11)22-15(25)9-21-29-10-16(26)23-13-5-2-6-14(8-13)24(27)28/h1-9H,10H2,(H,22,25)(H,23,26)/b21-9+. The first kappa shape index (κ1) is 21.3. The Bertz CT molecular complexity index is 947. The Hall–Kier alpha value is -3.96. The molecule has 0 atom stereocenters. The second-order valence-electron chi connectivity index (χ2n) is 5.43.